The van der Waals surface area contributed by atoms with E-state index < -0.39 is 0 Å². The maximum absolute atomic E-state index is 12.3. The van der Waals surface area contributed by atoms with Gasteiger partial charge in [-0.05, 0) is 37.6 Å². The predicted octanol–water partition coefficient (Wildman–Crippen LogP) is 2.69. The van der Waals surface area contributed by atoms with Crippen LogP contribution in [0.15, 0.2) is 48.7 Å². The molecule has 138 valence electrons. The molecule has 1 N–H and O–H groups in total. The summed E-state index contributed by atoms with van der Waals surface area (Å²) in [4.78, 5) is 20.7. The zero-order valence-corrected chi connectivity index (χ0v) is 15.2. The SMILES string of the molecule is Cc1ccc(OCCCNC(=O)N2CCN(c3ccccn3)CC2)cc1. The second-order valence-electron chi connectivity index (χ2n) is 6.41. The largest absolute Gasteiger partial charge is 0.494 e. The highest BCUT2D eigenvalue weighted by Gasteiger charge is 2.21. The Morgan fingerprint density at radius 1 is 1.12 bits per heavy atom. The molecule has 0 aliphatic carbocycles. The first-order valence-corrected chi connectivity index (χ1v) is 9.10. The van der Waals surface area contributed by atoms with Gasteiger partial charge in [0.1, 0.15) is 11.6 Å². The molecule has 6 heteroatoms. The first kappa shape index (κ1) is 18.0. The highest BCUT2D eigenvalue weighted by molar-refractivity contribution is 5.74. The molecular weight excluding hydrogens is 328 g/mol. The minimum absolute atomic E-state index is 0.000932. The number of anilines is 1. The molecule has 0 saturated carbocycles. The highest BCUT2D eigenvalue weighted by Crippen LogP contribution is 2.13. The lowest BCUT2D eigenvalue weighted by Gasteiger charge is -2.35. The third kappa shape index (κ3) is 5.12. The number of hydrogen-bond acceptors (Lipinski definition) is 4. The Kier molecular flexibility index (Phi) is 6.30. The summed E-state index contributed by atoms with van der Waals surface area (Å²) in [6.07, 6.45) is 2.58. The first-order chi connectivity index (χ1) is 12.7. The van der Waals surface area contributed by atoms with Gasteiger partial charge < -0.3 is 19.9 Å². The van der Waals surface area contributed by atoms with E-state index in [1.807, 2.05) is 47.4 Å². The van der Waals surface area contributed by atoms with Gasteiger partial charge in [0.15, 0.2) is 0 Å². The summed E-state index contributed by atoms with van der Waals surface area (Å²) in [7, 11) is 0. The number of benzene rings is 1. The Hall–Kier alpha value is -2.76. The third-order valence-corrected chi connectivity index (χ3v) is 4.43. The maximum atomic E-state index is 12.3. The van der Waals surface area contributed by atoms with Crippen LogP contribution in [0.25, 0.3) is 0 Å². The number of urea groups is 1. The predicted molar refractivity (Wildman–Crippen MR) is 103 cm³/mol. The van der Waals surface area contributed by atoms with Crippen LogP contribution in [-0.2, 0) is 0 Å². The summed E-state index contributed by atoms with van der Waals surface area (Å²) < 4.78 is 5.67. The van der Waals surface area contributed by atoms with Gasteiger partial charge in [-0.3, -0.25) is 0 Å². The van der Waals surface area contributed by atoms with E-state index in [1.54, 1.807) is 6.20 Å². The van der Waals surface area contributed by atoms with E-state index in [0.29, 0.717) is 26.2 Å². The highest BCUT2D eigenvalue weighted by atomic mass is 16.5. The topological polar surface area (TPSA) is 57.7 Å². The number of carbonyl (C=O) groups is 1. The van der Waals surface area contributed by atoms with Crippen LogP contribution < -0.4 is 15.0 Å². The lowest BCUT2D eigenvalue weighted by Crippen LogP contribution is -2.52. The van der Waals surface area contributed by atoms with Crippen LogP contribution in [0.4, 0.5) is 10.6 Å². The normalized spacial score (nSPS) is 14.2. The van der Waals surface area contributed by atoms with Gasteiger partial charge in [-0.15, -0.1) is 0 Å². The number of hydrogen-bond donors (Lipinski definition) is 1. The fourth-order valence-corrected chi connectivity index (χ4v) is 2.88. The maximum Gasteiger partial charge on any atom is 0.317 e. The smallest absolute Gasteiger partial charge is 0.317 e. The Morgan fingerprint density at radius 2 is 1.88 bits per heavy atom. The van der Waals surface area contributed by atoms with E-state index in [-0.39, 0.29) is 6.03 Å². The molecule has 26 heavy (non-hydrogen) atoms. The molecular formula is C20H26N4O2. The van der Waals surface area contributed by atoms with Crippen molar-refractivity contribution in [2.24, 2.45) is 0 Å². The molecule has 2 heterocycles. The van der Waals surface area contributed by atoms with Gasteiger partial charge in [0, 0.05) is 38.9 Å². The number of rotatable bonds is 6. The van der Waals surface area contributed by atoms with E-state index in [9.17, 15) is 4.79 Å². The van der Waals surface area contributed by atoms with Crippen molar-refractivity contribution in [3.8, 4) is 5.75 Å². The van der Waals surface area contributed by atoms with Crippen molar-refractivity contribution in [3.63, 3.8) is 0 Å². The monoisotopic (exact) mass is 354 g/mol. The lowest BCUT2D eigenvalue weighted by molar-refractivity contribution is 0.193. The zero-order valence-electron chi connectivity index (χ0n) is 15.2. The van der Waals surface area contributed by atoms with Gasteiger partial charge in [-0.25, -0.2) is 9.78 Å². The second-order valence-corrected chi connectivity index (χ2v) is 6.41. The number of pyridine rings is 1. The molecule has 0 spiro atoms. The number of aromatic nitrogens is 1. The molecule has 1 aromatic carbocycles. The van der Waals surface area contributed by atoms with Crippen LogP contribution in [0, 0.1) is 6.92 Å². The third-order valence-electron chi connectivity index (χ3n) is 4.43. The number of amides is 2. The van der Waals surface area contributed by atoms with Crippen LogP contribution in [0.3, 0.4) is 0 Å². The fourth-order valence-electron chi connectivity index (χ4n) is 2.88. The number of ether oxygens (including phenoxy) is 1. The number of aryl methyl sites for hydroxylation is 1. The van der Waals surface area contributed by atoms with Crippen LogP contribution in [0.5, 0.6) is 5.75 Å². The first-order valence-electron chi connectivity index (χ1n) is 9.10. The standard InChI is InChI=1S/C20H26N4O2/c1-17-6-8-18(9-7-17)26-16-4-11-22-20(25)24-14-12-23(13-15-24)19-5-2-3-10-21-19/h2-3,5-10H,4,11-16H2,1H3,(H,22,25). The molecule has 0 radical (unpaired) electrons. The molecule has 1 aliphatic rings. The average molecular weight is 354 g/mol. The molecule has 1 aromatic heterocycles. The number of nitrogens with one attached hydrogen (secondary N) is 1. The minimum atomic E-state index is 0.000932. The lowest BCUT2D eigenvalue weighted by atomic mass is 10.2. The Balaban J connectivity index is 1.31. The van der Waals surface area contributed by atoms with Crippen molar-refractivity contribution in [1.82, 2.24) is 15.2 Å². The summed E-state index contributed by atoms with van der Waals surface area (Å²) in [5, 5.41) is 2.98. The summed E-state index contributed by atoms with van der Waals surface area (Å²) in [5.74, 6) is 1.84. The van der Waals surface area contributed by atoms with E-state index in [0.717, 1.165) is 31.1 Å². The Morgan fingerprint density at radius 3 is 2.58 bits per heavy atom. The minimum Gasteiger partial charge on any atom is -0.494 e. The second kappa shape index (κ2) is 9.08. The van der Waals surface area contributed by atoms with E-state index in [1.165, 1.54) is 5.56 Å². The van der Waals surface area contributed by atoms with Gasteiger partial charge in [-0.1, -0.05) is 23.8 Å². The molecule has 0 bridgehead atoms. The Labute approximate surface area is 154 Å². The Bertz CT molecular complexity index is 683. The summed E-state index contributed by atoms with van der Waals surface area (Å²) in [6.45, 7) is 6.30. The number of nitrogens with zero attached hydrogens (tertiary/aromatic N) is 3. The van der Waals surface area contributed by atoms with E-state index in [2.05, 4.69) is 22.1 Å². The van der Waals surface area contributed by atoms with Crippen LogP contribution in [0.1, 0.15) is 12.0 Å². The van der Waals surface area contributed by atoms with Gasteiger partial charge in [-0.2, -0.15) is 0 Å². The summed E-state index contributed by atoms with van der Waals surface area (Å²) >= 11 is 0. The van der Waals surface area contributed by atoms with Crippen molar-refractivity contribution in [2.45, 2.75) is 13.3 Å². The van der Waals surface area contributed by atoms with Crippen molar-refractivity contribution < 1.29 is 9.53 Å². The quantitative estimate of drug-likeness (QED) is 0.811. The molecule has 0 unspecified atom stereocenters. The van der Waals surface area contributed by atoms with Crippen LogP contribution in [-0.4, -0.2) is 55.2 Å². The molecule has 3 rings (SSSR count). The van der Waals surface area contributed by atoms with Crippen molar-refractivity contribution in [3.05, 3.63) is 54.2 Å². The van der Waals surface area contributed by atoms with Crippen LogP contribution in [0.2, 0.25) is 0 Å². The van der Waals surface area contributed by atoms with Crippen molar-refractivity contribution in [2.75, 3.05) is 44.2 Å². The van der Waals surface area contributed by atoms with Gasteiger partial charge in [0.05, 0.1) is 6.61 Å². The summed E-state index contributed by atoms with van der Waals surface area (Å²) in [5.41, 5.74) is 1.22. The van der Waals surface area contributed by atoms with Crippen molar-refractivity contribution in [1.29, 1.82) is 0 Å². The van der Waals surface area contributed by atoms with Gasteiger partial charge >= 0.3 is 6.03 Å². The zero-order chi connectivity index (χ0) is 18.2. The molecule has 1 fully saturated rings. The summed E-state index contributed by atoms with van der Waals surface area (Å²) in [6, 6.07) is 13.9. The molecule has 0 atom stereocenters. The van der Waals surface area contributed by atoms with E-state index in [4.69, 9.17) is 4.74 Å². The van der Waals surface area contributed by atoms with Crippen LogP contribution >= 0.6 is 0 Å². The molecule has 6 nitrogen and oxygen atoms in total. The molecule has 2 aromatic rings. The van der Waals surface area contributed by atoms with E-state index >= 15 is 0 Å². The number of piperazine rings is 1. The average Bonchev–Trinajstić information content (AvgIpc) is 2.70. The van der Waals surface area contributed by atoms with Gasteiger partial charge in [0.25, 0.3) is 0 Å². The van der Waals surface area contributed by atoms with Gasteiger partial charge in [0.2, 0.25) is 0 Å². The molecule has 2 amide bonds. The fraction of sp³-hybridized carbons (Fsp3) is 0.400. The van der Waals surface area contributed by atoms with Crippen molar-refractivity contribution >= 4 is 11.8 Å². The molecule has 1 aliphatic heterocycles. The molecule has 1 saturated heterocycles. The number of carbonyl (C=O) groups excluding carboxylic acids is 1.